The predicted octanol–water partition coefficient (Wildman–Crippen LogP) is 3.77. The van der Waals surface area contributed by atoms with Crippen LogP contribution in [0.2, 0.25) is 0 Å². The smallest absolute Gasteiger partial charge is 0.106 e. The number of hydrogen-bond acceptors (Lipinski definition) is 0. The molecule has 2 rings (SSSR count). The Kier molecular flexibility index (Phi) is 1.83. The minimum atomic E-state index is -0.831. The lowest BCUT2D eigenvalue weighted by molar-refractivity contribution is 0.648. The molecule has 0 aromatic carbocycles. The zero-order chi connectivity index (χ0) is 8.98. The third-order valence-corrected chi connectivity index (χ3v) is 4.71. The molecule has 4 heteroatoms. The summed E-state index contributed by atoms with van der Waals surface area (Å²) in [4.78, 5) is -1.66. The average Bonchev–Trinajstić information content (AvgIpc) is 2.08. The van der Waals surface area contributed by atoms with Crippen LogP contribution in [-0.2, 0) is 0 Å². The fourth-order valence-electron chi connectivity index (χ4n) is 1.34. The molecule has 2 aliphatic carbocycles. The Morgan fingerprint density at radius 3 is 1.50 bits per heavy atom. The summed E-state index contributed by atoms with van der Waals surface area (Å²) < 4.78 is 0. The van der Waals surface area contributed by atoms with Crippen molar-refractivity contribution in [3.8, 4) is 0 Å². The Morgan fingerprint density at radius 1 is 0.833 bits per heavy atom. The molecule has 0 aromatic heterocycles. The van der Waals surface area contributed by atoms with Gasteiger partial charge in [-0.25, -0.2) is 0 Å². The van der Waals surface area contributed by atoms with Crippen molar-refractivity contribution in [3.63, 3.8) is 0 Å². The van der Waals surface area contributed by atoms with Gasteiger partial charge in [0.15, 0.2) is 0 Å². The summed E-state index contributed by atoms with van der Waals surface area (Å²) in [6, 6.07) is 0. The molecule has 0 saturated carbocycles. The van der Waals surface area contributed by atoms with Crippen molar-refractivity contribution in [2.75, 3.05) is 0 Å². The van der Waals surface area contributed by atoms with E-state index in [1.54, 1.807) is 24.3 Å². The first-order chi connectivity index (χ1) is 5.52. The van der Waals surface area contributed by atoms with Gasteiger partial charge >= 0.3 is 0 Å². The average molecular weight is 242 g/mol. The summed E-state index contributed by atoms with van der Waals surface area (Å²) >= 11 is 24.0. The van der Waals surface area contributed by atoms with Gasteiger partial charge in [-0.1, -0.05) is 47.5 Å². The standard InChI is InChI=1S/C8H4Cl4/c9-5-6(10)8(12)4-2-1-3-7(5,8)11/h1-4H/t7-,8+. The highest BCUT2D eigenvalue weighted by atomic mass is 35.5. The van der Waals surface area contributed by atoms with Gasteiger partial charge in [-0.15, -0.1) is 23.2 Å². The van der Waals surface area contributed by atoms with Crippen molar-refractivity contribution in [1.82, 2.24) is 0 Å². The molecule has 0 nitrogen and oxygen atoms in total. The summed E-state index contributed by atoms with van der Waals surface area (Å²) in [5.74, 6) is 0. The van der Waals surface area contributed by atoms with E-state index in [9.17, 15) is 0 Å². The van der Waals surface area contributed by atoms with Gasteiger partial charge in [-0.2, -0.15) is 0 Å². The molecule has 64 valence electrons. The number of allylic oxidation sites excluding steroid dienone is 6. The first-order valence-electron chi connectivity index (χ1n) is 3.33. The van der Waals surface area contributed by atoms with Crippen LogP contribution in [0.25, 0.3) is 0 Å². The maximum absolute atomic E-state index is 6.15. The molecule has 0 bridgehead atoms. The molecule has 0 fully saturated rings. The number of halogens is 4. The summed E-state index contributed by atoms with van der Waals surface area (Å²) in [5.41, 5.74) is 0. The molecule has 0 heterocycles. The third kappa shape index (κ3) is 0.773. The van der Waals surface area contributed by atoms with E-state index in [0.29, 0.717) is 10.1 Å². The molecule has 12 heavy (non-hydrogen) atoms. The second-order valence-corrected chi connectivity index (χ2v) is 4.72. The van der Waals surface area contributed by atoms with Gasteiger partial charge in [0.25, 0.3) is 0 Å². The van der Waals surface area contributed by atoms with Crippen LogP contribution >= 0.6 is 46.4 Å². The SMILES string of the molecule is ClC1=C(Cl)[C@@]2(Cl)C=CC=C[C@@]12Cl. The molecule has 0 spiro atoms. The predicted molar refractivity (Wildman–Crippen MR) is 54.2 cm³/mol. The van der Waals surface area contributed by atoms with Crippen LogP contribution in [0.5, 0.6) is 0 Å². The highest BCUT2D eigenvalue weighted by molar-refractivity contribution is 6.57. The lowest BCUT2D eigenvalue weighted by atomic mass is 9.77. The number of rotatable bonds is 0. The van der Waals surface area contributed by atoms with Crippen LogP contribution < -0.4 is 0 Å². The van der Waals surface area contributed by atoms with Crippen LogP contribution in [-0.4, -0.2) is 9.75 Å². The molecule has 0 N–H and O–H groups in total. The number of hydrogen-bond donors (Lipinski definition) is 0. The van der Waals surface area contributed by atoms with Gasteiger partial charge in [0.2, 0.25) is 0 Å². The van der Waals surface area contributed by atoms with Crippen LogP contribution in [0.3, 0.4) is 0 Å². The summed E-state index contributed by atoms with van der Waals surface area (Å²) in [6.45, 7) is 0. The molecule has 0 amide bonds. The molecule has 0 saturated heterocycles. The van der Waals surface area contributed by atoms with Crippen molar-refractivity contribution >= 4 is 46.4 Å². The second-order valence-electron chi connectivity index (χ2n) is 2.77. The Morgan fingerprint density at radius 2 is 1.17 bits per heavy atom. The summed E-state index contributed by atoms with van der Waals surface area (Å²) in [6.07, 6.45) is 7.10. The second kappa shape index (κ2) is 2.45. The molecule has 0 unspecified atom stereocenters. The Hall–Kier alpha value is 0.380. The van der Waals surface area contributed by atoms with Gasteiger partial charge in [0, 0.05) is 0 Å². The fraction of sp³-hybridized carbons (Fsp3) is 0.250. The highest BCUT2D eigenvalue weighted by Crippen LogP contribution is 2.61. The normalized spacial score (nSPS) is 44.3. The van der Waals surface area contributed by atoms with Gasteiger partial charge in [-0.3, -0.25) is 0 Å². The lowest BCUT2D eigenvalue weighted by Crippen LogP contribution is -2.53. The largest absolute Gasteiger partial charge is 0.127 e. The summed E-state index contributed by atoms with van der Waals surface area (Å²) in [7, 11) is 0. The van der Waals surface area contributed by atoms with E-state index < -0.39 is 9.75 Å². The van der Waals surface area contributed by atoms with Gasteiger partial charge in [0.05, 0.1) is 10.1 Å². The van der Waals surface area contributed by atoms with Crippen LogP contribution in [0.1, 0.15) is 0 Å². The van der Waals surface area contributed by atoms with Crippen molar-refractivity contribution in [3.05, 3.63) is 34.4 Å². The van der Waals surface area contributed by atoms with E-state index in [-0.39, 0.29) is 0 Å². The van der Waals surface area contributed by atoms with Crippen LogP contribution in [0.4, 0.5) is 0 Å². The zero-order valence-corrected chi connectivity index (χ0v) is 8.84. The molecule has 2 aliphatic rings. The maximum atomic E-state index is 6.15. The highest BCUT2D eigenvalue weighted by Gasteiger charge is 2.61. The van der Waals surface area contributed by atoms with Gasteiger partial charge in [0.1, 0.15) is 9.75 Å². The van der Waals surface area contributed by atoms with E-state index in [4.69, 9.17) is 46.4 Å². The minimum absolute atomic E-state index is 0.418. The third-order valence-electron chi connectivity index (χ3n) is 2.12. The Balaban J connectivity index is 2.60. The first kappa shape index (κ1) is 8.96. The molecule has 0 aliphatic heterocycles. The van der Waals surface area contributed by atoms with Crippen LogP contribution in [0, 0.1) is 0 Å². The van der Waals surface area contributed by atoms with E-state index in [0.717, 1.165) is 0 Å². The molecular formula is C8H4Cl4. The fourth-order valence-corrected chi connectivity index (χ4v) is 2.91. The van der Waals surface area contributed by atoms with Crippen LogP contribution in [0.15, 0.2) is 34.4 Å². The van der Waals surface area contributed by atoms with E-state index in [1.807, 2.05) is 0 Å². The van der Waals surface area contributed by atoms with E-state index in [1.165, 1.54) is 0 Å². The Labute approximate surface area is 90.4 Å². The molecule has 2 atom stereocenters. The minimum Gasteiger partial charge on any atom is -0.106 e. The molecule has 0 radical (unpaired) electrons. The number of fused-ring (bicyclic) bond motifs is 1. The monoisotopic (exact) mass is 240 g/mol. The Bertz CT molecular complexity index is 296. The van der Waals surface area contributed by atoms with E-state index >= 15 is 0 Å². The molecular weight excluding hydrogens is 238 g/mol. The van der Waals surface area contributed by atoms with Crippen molar-refractivity contribution < 1.29 is 0 Å². The zero-order valence-electron chi connectivity index (χ0n) is 5.82. The van der Waals surface area contributed by atoms with E-state index in [2.05, 4.69) is 0 Å². The van der Waals surface area contributed by atoms with Crippen molar-refractivity contribution in [1.29, 1.82) is 0 Å². The van der Waals surface area contributed by atoms with Crippen molar-refractivity contribution in [2.24, 2.45) is 0 Å². The summed E-state index contributed by atoms with van der Waals surface area (Å²) in [5, 5.41) is 0.836. The maximum Gasteiger partial charge on any atom is 0.127 e. The topological polar surface area (TPSA) is 0 Å². The first-order valence-corrected chi connectivity index (χ1v) is 4.85. The van der Waals surface area contributed by atoms with Gasteiger partial charge in [-0.05, 0) is 0 Å². The van der Waals surface area contributed by atoms with Crippen molar-refractivity contribution in [2.45, 2.75) is 9.75 Å². The lowest BCUT2D eigenvalue weighted by Gasteiger charge is -2.48. The quantitative estimate of drug-likeness (QED) is 0.567. The number of alkyl halides is 2. The molecule has 0 aromatic rings. The van der Waals surface area contributed by atoms with Gasteiger partial charge < -0.3 is 0 Å².